The fraction of sp³-hybridized carbons (Fsp3) is 0.300. The second-order valence-electron chi connectivity index (χ2n) is 6.51. The first-order valence-electron chi connectivity index (χ1n) is 8.81. The second kappa shape index (κ2) is 7.07. The van der Waals surface area contributed by atoms with Crippen LogP contribution in [0.2, 0.25) is 0 Å². The molecule has 134 valence electrons. The van der Waals surface area contributed by atoms with Crippen molar-refractivity contribution in [1.82, 2.24) is 0 Å². The standard InChI is InChI=1S/C20H20N2O4/c23-19(13-5-6-13)21-15-4-1-3-14(11-15)20(24)22-16-7-8-17-18(12-16)26-10-2-9-25-17/h1,3-4,7-8,11-13H,2,5-6,9-10H2,(H,21,23)(H,22,24). The van der Waals surface area contributed by atoms with Crippen LogP contribution in [0.4, 0.5) is 11.4 Å². The Morgan fingerprint density at radius 2 is 1.65 bits per heavy atom. The summed E-state index contributed by atoms with van der Waals surface area (Å²) in [5.41, 5.74) is 1.74. The topological polar surface area (TPSA) is 76.7 Å². The Hall–Kier alpha value is -3.02. The molecule has 1 aliphatic heterocycles. The van der Waals surface area contributed by atoms with Crippen molar-refractivity contribution in [3.63, 3.8) is 0 Å². The second-order valence-corrected chi connectivity index (χ2v) is 6.51. The number of carbonyl (C=O) groups is 2. The van der Waals surface area contributed by atoms with Gasteiger partial charge in [0.05, 0.1) is 13.2 Å². The minimum absolute atomic E-state index is 0.0189. The van der Waals surface area contributed by atoms with Gasteiger partial charge in [0.15, 0.2) is 11.5 Å². The summed E-state index contributed by atoms with van der Waals surface area (Å²) < 4.78 is 11.2. The van der Waals surface area contributed by atoms with E-state index in [-0.39, 0.29) is 17.7 Å². The number of amides is 2. The van der Waals surface area contributed by atoms with Crippen LogP contribution in [0.1, 0.15) is 29.6 Å². The molecule has 0 unspecified atom stereocenters. The molecule has 2 aromatic carbocycles. The third-order valence-corrected chi connectivity index (χ3v) is 4.35. The normalized spacial score (nSPS) is 15.7. The summed E-state index contributed by atoms with van der Waals surface area (Å²) >= 11 is 0. The zero-order valence-corrected chi connectivity index (χ0v) is 14.3. The van der Waals surface area contributed by atoms with Gasteiger partial charge in [0.1, 0.15) is 0 Å². The maximum Gasteiger partial charge on any atom is 0.255 e. The lowest BCUT2D eigenvalue weighted by Gasteiger charge is -2.11. The van der Waals surface area contributed by atoms with Gasteiger partial charge >= 0.3 is 0 Å². The molecule has 6 heteroatoms. The average molecular weight is 352 g/mol. The Bertz CT molecular complexity index is 845. The van der Waals surface area contributed by atoms with E-state index < -0.39 is 0 Å². The van der Waals surface area contributed by atoms with Crippen molar-refractivity contribution in [2.45, 2.75) is 19.3 Å². The highest BCUT2D eigenvalue weighted by molar-refractivity contribution is 6.05. The van der Waals surface area contributed by atoms with Crippen LogP contribution < -0.4 is 20.1 Å². The van der Waals surface area contributed by atoms with Gasteiger partial charge in [-0.1, -0.05) is 6.07 Å². The lowest BCUT2D eigenvalue weighted by atomic mass is 10.1. The highest BCUT2D eigenvalue weighted by atomic mass is 16.5. The van der Waals surface area contributed by atoms with E-state index in [0.717, 1.165) is 19.3 Å². The summed E-state index contributed by atoms with van der Waals surface area (Å²) in [6.45, 7) is 1.21. The molecule has 0 spiro atoms. The van der Waals surface area contributed by atoms with Crippen molar-refractivity contribution in [1.29, 1.82) is 0 Å². The number of benzene rings is 2. The van der Waals surface area contributed by atoms with Gasteiger partial charge in [0, 0.05) is 35.3 Å². The molecule has 1 saturated carbocycles. The van der Waals surface area contributed by atoms with Crippen LogP contribution in [0, 0.1) is 5.92 Å². The average Bonchev–Trinajstić information content (AvgIpc) is 3.49. The van der Waals surface area contributed by atoms with Gasteiger partial charge < -0.3 is 20.1 Å². The smallest absolute Gasteiger partial charge is 0.255 e. The van der Waals surface area contributed by atoms with E-state index in [0.29, 0.717) is 41.7 Å². The van der Waals surface area contributed by atoms with Crippen LogP contribution in [0.25, 0.3) is 0 Å². The van der Waals surface area contributed by atoms with Gasteiger partial charge in [-0.05, 0) is 43.2 Å². The monoisotopic (exact) mass is 352 g/mol. The van der Waals surface area contributed by atoms with Gasteiger partial charge in [0.25, 0.3) is 5.91 Å². The Labute approximate surface area is 151 Å². The summed E-state index contributed by atoms with van der Waals surface area (Å²) in [6, 6.07) is 12.3. The molecule has 0 aromatic heterocycles. The first-order chi connectivity index (χ1) is 12.7. The Morgan fingerprint density at radius 3 is 2.46 bits per heavy atom. The van der Waals surface area contributed by atoms with Crippen molar-refractivity contribution in [2.24, 2.45) is 5.92 Å². The lowest BCUT2D eigenvalue weighted by Crippen LogP contribution is -2.15. The van der Waals surface area contributed by atoms with Gasteiger partial charge in [-0.3, -0.25) is 9.59 Å². The molecule has 1 aliphatic carbocycles. The zero-order chi connectivity index (χ0) is 17.9. The van der Waals surface area contributed by atoms with Crippen molar-refractivity contribution in [2.75, 3.05) is 23.8 Å². The molecule has 2 N–H and O–H groups in total. The van der Waals surface area contributed by atoms with E-state index in [2.05, 4.69) is 10.6 Å². The van der Waals surface area contributed by atoms with E-state index in [9.17, 15) is 9.59 Å². The highest BCUT2D eigenvalue weighted by Crippen LogP contribution is 2.32. The molecule has 2 aliphatic rings. The molecule has 1 fully saturated rings. The number of hydrogen-bond acceptors (Lipinski definition) is 4. The Balaban J connectivity index is 1.46. The number of ether oxygens (including phenoxy) is 2. The molecule has 1 heterocycles. The summed E-state index contributed by atoms with van der Waals surface area (Å²) in [5, 5.41) is 5.71. The largest absolute Gasteiger partial charge is 0.490 e. The Kier molecular flexibility index (Phi) is 4.48. The van der Waals surface area contributed by atoms with Crippen LogP contribution in [0.5, 0.6) is 11.5 Å². The van der Waals surface area contributed by atoms with Gasteiger partial charge in [0.2, 0.25) is 5.91 Å². The third kappa shape index (κ3) is 3.79. The van der Waals surface area contributed by atoms with Crippen LogP contribution in [0.15, 0.2) is 42.5 Å². The van der Waals surface area contributed by atoms with E-state index in [1.165, 1.54) is 0 Å². The SMILES string of the molecule is O=C(Nc1ccc2c(c1)OCCCO2)c1cccc(NC(=O)C2CC2)c1. The van der Waals surface area contributed by atoms with Gasteiger partial charge in [-0.15, -0.1) is 0 Å². The van der Waals surface area contributed by atoms with Crippen molar-refractivity contribution in [3.8, 4) is 11.5 Å². The molecular formula is C20H20N2O4. The van der Waals surface area contributed by atoms with Crippen LogP contribution in [0.3, 0.4) is 0 Å². The van der Waals surface area contributed by atoms with E-state index in [1.54, 1.807) is 42.5 Å². The first kappa shape index (κ1) is 16.4. The van der Waals surface area contributed by atoms with Gasteiger partial charge in [-0.2, -0.15) is 0 Å². The summed E-state index contributed by atoms with van der Waals surface area (Å²) in [6.07, 6.45) is 2.71. The van der Waals surface area contributed by atoms with Crippen molar-refractivity contribution < 1.29 is 19.1 Å². The third-order valence-electron chi connectivity index (χ3n) is 4.35. The van der Waals surface area contributed by atoms with E-state index in [4.69, 9.17) is 9.47 Å². The fourth-order valence-corrected chi connectivity index (χ4v) is 2.77. The number of nitrogens with one attached hydrogen (secondary N) is 2. The van der Waals surface area contributed by atoms with Crippen molar-refractivity contribution in [3.05, 3.63) is 48.0 Å². The zero-order valence-electron chi connectivity index (χ0n) is 14.3. The highest BCUT2D eigenvalue weighted by Gasteiger charge is 2.29. The van der Waals surface area contributed by atoms with Crippen LogP contribution in [-0.4, -0.2) is 25.0 Å². The molecule has 0 radical (unpaired) electrons. The molecule has 26 heavy (non-hydrogen) atoms. The number of fused-ring (bicyclic) bond motifs is 1. The first-order valence-corrected chi connectivity index (χ1v) is 8.81. The maximum absolute atomic E-state index is 12.5. The fourth-order valence-electron chi connectivity index (χ4n) is 2.77. The summed E-state index contributed by atoms with van der Waals surface area (Å²) in [7, 11) is 0. The molecule has 2 aromatic rings. The molecular weight excluding hydrogens is 332 g/mol. The quantitative estimate of drug-likeness (QED) is 0.884. The molecule has 0 atom stereocenters. The number of anilines is 2. The summed E-state index contributed by atoms with van der Waals surface area (Å²) in [5.74, 6) is 1.21. The predicted octanol–water partition coefficient (Wildman–Crippen LogP) is 3.45. The number of carbonyl (C=O) groups excluding carboxylic acids is 2. The maximum atomic E-state index is 12.5. The minimum atomic E-state index is -0.248. The predicted molar refractivity (Wildman–Crippen MR) is 97.8 cm³/mol. The number of rotatable bonds is 4. The van der Waals surface area contributed by atoms with Crippen LogP contribution >= 0.6 is 0 Å². The van der Waals surface area contributed by atoms with E-state index >= 15 is 0 Å². The van der Waals surface area contributed by atoms with Crippen LogP contribution in [-0.2, 0) is 4.79 Å². The molecule has 2 amide bonds. The van der Waals surface area contributed by atoms with E-state index in [1.807, 2.05) is 0 Å². The lowest BCUT2D eigenvalue weighted by molar-refractivity contribution is -0.117. The molecule has 4 rings (SSSR count). The minimum Gasteiger partial charge on any atom is -0.490 e. The number of hydrogen-bond donors (Lipinski definition) is 2. The van der Waals surface area contributed by atoms with Crippen molar-refractivity contribution >= 4 is 23.2 Å². The molecule has 0 saturated heterocycles. The molecule has 0 bridgehead atoms. The Morgan fingerprint density at radius 1 is 0.885 bits per heavy atom. The molecule has 6 nitrogen and oxygen atoms in total. The summed E-state index contributed by atoms with van der Waals surface area (Å²) in [4.78, 5) is 24.4. The van der Waals surface area contributed by atoms with Gasteiger partial charge in [-0.25, -0.2) is 0 Å².